The molecule has 3 fully saturated rings. The number of halogens is 2. The third-order valence-corrected chi connectivity index (χ3v) is 9.52. The van der Waals surface area contributed by atoms with Gasteiger partial charge in [0.25, 0.3) is 11.2 Å². The Kier molecular flexibility index (Phi) is 6.61. The molecule has 38 heavy (non-hydrogen) atoms. The van der Waals surface area contributed by atoms with E-state index in [1.807, 2.05) is 18.2 Å². The predicted molar refractivity (Wildman–Crippen MR) is 126 cm³/mol. The van der Waals surface area contributed by atoms with Crippen molar-refractivity contribution in [2.24, 2.45) is 11.8 Å². The van der Waals surface area contributed by atoms with Gasteiger partial charge in [-0.1, -0.05) is 43.0 Å². The molecule has 3 saturated heterocycles. The van der Waals surface area contributed by atoms with E-state index in [0.29, 0.717) is 5.39 Å². The van der Waals surface area contributed by atoms with Gasteiger partial charge >= 0.3 is 5.97 Å². The van der Waals surface area contributed by atoms with Crippen LogP contribution in [0.3, 0.4) is 0 Å². The second kappa shape index (κ2) is 9.21. The molecule has 3 aliphatic heterocycles. The molecule has 0 aromatic heterocycles. The number of rotatable bonds is 7. The largest absolute Gasteiger partial charge is 0.746 e. The third kappa shape index (κ3) is 4.04. The zero-order valence-electron chi connectivity index (χ0n) is 20.2. The number of hydrogen-bond acceptors (Lipinski definition) is 9. The van der Waals surface area contributed by atoms with Crippen LogP contribution in [0.1, 0.15) is 24.2 Å². The van der Waals surface area contributed by atoms with Crippen LogP contribution < -0.4 is 0 Å². The quantitative estimate of drug-likeness (QED) is 0.235. The van der Waals surface area contributed by atoms with Gasteiger partial charge in [-0.25, -0.2) is 22.0 Å². The average Bonchev–Trinajstić information content (AvgIpc) is 3.44. The normalized spacial score (nSPS) is 28.1. The maximum Gasteiger partial charge on any atom is 0.339 e. The van der Waals surface area contributed by atoms with E-state index in [9.17, 15) is 36.1 Å². The van der Waals surface area contributed by atoms with Gasteiger partial charge in [0, 0.05) is 11.3 Å². The van der Waals surface area contributed by atoms with Gasteiger partial charge in [-0.2, -0.15) is 0 Å². The van der Waals surface area contributed by atoms with E-state index in [-0.39, 0.29) is 11.6 Å². The number of thioether (sulfide) groups is 1. The summed E-state index contributed by atoms with van der Waals surface area (Å²) in [7, 11) is -6.11. The fraction of sp³-hybridized carbons (Fsp3) is 0.417. The van der Waals surface area contributed by atoms with E-state index >= 15 is 0 Å². The number of amides is 1. The van der Waals surface area contributed by atoms with Crippen LogP contribution in [0.25, 0.3) is 10.8 Å². The zero-order valence-corrected chi connectivity index (χ0v) is 28.2. The van der Waals surface area contributed by atoms with Gasteiger partial charge in [0.1, 0.15) is 16.2 Å². The molecule has 6 unspecified atom stereocenters. The Balaban J connectivity index is 0.00000336. The van der Waals surface area contributed by atoms with E-state index < -0.39 is 74.3 Å². The van der Waals surface area contributed by atoms with Crippen LogP contribution in [0.4, 0.5) is 8.78 Å². The summed E-state index contributed by atoms with van der Waals surface area (Å²) in [5, 5.41) is -4.75. The van der Waals surface area contributed by atoms with Crippen LogP contribution >= 0.6 is 11.8 Å². The molecule has 1 amide bonds. The number of fused-ring (bicyclic) bond motifs is 2. The van der Waals surface area contributed by atoms with Crippen molar-refractivity contribution >= 4 is 50.5 Å². The van der Waals surface area contributed by atoms with Crippen molar-refractivity contribution in [2.45, 2.75) is 47.8 Å². The molecule has 6 atom stereocenters. The SMILES string of the molecule is CC(C)N1C(=O)C2C3SC(C(OC(=O)c4cccc5ccccc45)C31)C2C(=O)O[CH-]C(F)(F)S(=O)(=O)[O-].[Rf]. The maximum absolute atomic E-state index is 13.6. The van der Waals surface area contributed by atoms with Gasteiger partial charge in [-0.15, -0.1) is 11.8 Å². The van der Waals surface area contributed by atoms with Gasteiger partial charge in [0.05, 0.1) is 28.7 Å². The maximum atomic E-state index is 13.6. The predicted octanol–water partition coefficient (Wildman–Crippen LogP) is 2.56. The Morgan fingerprint density at radius 1 is 1.13 bits per heavy atom. The molecule has 2 bridgehead atoms. The number of carbonyl (C=O) groups is 3. The van der Waals surface area contributed by atoms with E-state index in [1.54, 1.807) is 38.1 Å². The number of nitrogens with zero attached hydrogens (tertiary/aromatic N) is 1. The molecule has 0 spiro atoms. The second-order valence-electron chi connectivity index (χ2n) is 9.41. The minimum atomic E-state index is -6.11. The fourth-order valence-electron chi connectivity index (χ4n) is 5.52. The van der Waals surface area contributed by atoms with Gasteiger partial charge in [-0.05, 0) is 30.7 Å². The molecule has 2 aromatic rings. The minimum absolute atomic E-state index is 0. The molecule has 0 radical (unpaired) electrons. The van der Waals surface area contributed by atoms with E-state index in [1.165, 1.54) is 16.7 Å². The van der Waals surface area contributed by atoms with E-state index in [0.717, 1.165) is 5.39 Å². The van der Waals surface area contributed by atoms with Crippen molar-refractivity contribution in [3.8, 4) is 0 Å². The number of esters is 2. The van der Waals surface area contributed by atoms with Crippen LogP contribution in [0, 0.1) is 18.4 Å². The fourth-order valence-corrected chi connectivity index (χ4v) is 7.77. The topological polar surface area (TPSA) is 130 Å². The summed E-state index contributed by atoms with van der Waals surface area (Å²) in [6.45, 7) is 2.92. The van der Waals surface area contributed by atoms with Gasteiger partial charge in [0.2, 0.25) is 5.91 Å². The smallest absolute Gasteiger partial charge is 0.339 e. The molecule has 14 heteroatoms. The van der Waals surface area contributed by atoms with Gasteiger partial charge in [0.15, 0.2) is 0 Å². The molecule has 0 N–H and O–H groups in total. The van der Waals surface area contributed by atoms with Crippen LogP contribution in [-0.2, 0) is 29.2 Å². The molecular weight excluding hydrogens is 799 g/mol. The summed E-state index contributed by atoms with van der Waals surface area (Å²) in [4.78, 5) is 41.0. The summed E-state index contributed by atoms with van der Waals surface area (Å²) < 4.78 is 69.8. The number of hydrogen-bond donors (Lipinski definition) is 0. The standard InChI is InChI=1S/C24H22F2NO8S2.Rf/c1-11(2)27-17-18(35-22(29)14-9-5-7-12-6-3-4-8-13(12)14)20-16(15(21(27)28)19(17)36-20)23(30)34-10-24(25,26)37(31,32)33;/h3-11,15-20H,1-2H3,(H,31,32,33);/q-1;/p-1. The Hall–Kier alpha value is -3.77. The number of benzene rings is 2. The average molecular weight is 821 g/mol. The Morgan fingerprint density at radius 2 is 1.79 bits per heavy atom. The molecule has 3 heterocycles. The van der Waals surface area contributed by atoms with Crippen molar-refractivity contribution in [3.63, 3.8) is 0 Å². The van der Waals surface area contributed by atoms with Crippen molar-refractivity contribution in [2.75, 3.05) is 0 Å². The molecule has 5 rings (SSSR count). The van der Waals surface area contributed by atoms with Crippen molar-refractivity contribution in [1.29, 1.82) is 0 Å². The summed E-state index contributed by atoms with van der Waals surface area (Å²) in [5.74, 6) is -4.58. The third-order valence-electron chi connectivity index (χ3n) is 6.99. The summed E-state index contributed by atoms with van der Waals surface area (Å²) in [6, 6.07) is 11.5. The Labute approximate surface area is 215 Å². The summed E-state index contributed by atoms with van der Waals surface area (Å²) in [5.41, 5.74) is 0.288. The van der Waals surface area contributed by atoms with Crippen LogP contribution in [-0.4, -0.2) is 69.7 Å². The molecule has 0 saturated carbocycles. The molecule has 0 aliphatic carbocycles. The van der Waals surface area contributed by atoms with Crippen molar-refractivity contribution in [3.05, 3.63) is 54.6 Å². The summed E-state index contributed by atoms with van der Waals surface area (Å²) >= 11 is 1.24. The zero-order chi connectivity index (χ0) is 26.9. The Bertz CT molecular complexity index is 1400. The first kappa shape index (κ1) is 27.3. The number of likely N-dealkylation sites (tertiary alicyclic amines) is 1. The number of alkyl halides is 2. The van der Waals surface area contributed by atoms with E-state index in [2.05, 4.69) is 4.74 Å². The molecule has 9 nitrogen and oxygen atoms in total. The first-order chi connectivity index (χ1) is 17.3. The molecule has 2 aromatic carbocycles. The molecular formula is C24H21F2NO8RfS2-2. The van der Waals surface area contributed by atoms with Gasteiger partial charge < -0.3 is 18.9 Å². The summed E-state index contributed by atoms with van der Waals surface area (Å²) in [6.07, 6.45) is -0.951. The van der Waals surface area contributed by atoms with Crippen molar-refractivity contribution < 1.29 is 45.6 Å². The molecule has 200 valence electrons. The number of ether oxygens (including phenoxy) is 2. The first-order valence-electron chi connectivity index (χ1n) is 11.4. The van der Waals surface area contributed by atoms with E-state index in [4.69, 9.17) is 4.74 Å². The monoisotopic (exact) mass is 820 g/mol. The molecule has 3 aliphatic rings. The van der Waals surface area contributed by atoms with Gasteiger partial charge in [-0.3, -0.25) is 9.59 Å². The first-order valence-corrected chi connectivity index (χ1v) is 13.7. The van der Waals surface area contributed by atoms with Crippen molar-refractivity contribution in [1.82, 2.24) is 4.90 Å². The van der Waals surface area contributed by atoms with Crippen LogP contribution in [0.2, 0.25) is 0 Å². The van der Waals surface area contributed by atoms with Crippen LogP contribution in [0.5, 0.6) is 0 Å². The second-order valence-corrected chi connectivity index (χ2v) is 12.2. The minimum Gasteiger partial charge on any atom is -0.746 e. The number of carbonyl (C=O) groups excluding carboxylic acids is 3. The van der Waals surface area contributed by atoms with Crippen LogP contribution in [0.15, 0.2) is 42.5 Å². The Morgan fingerprint density at radius 3 is 2.45 bits per heavy atom.